The van der Waals surface area contributed by atoms with Crippen molar-refractivity contribution in [2.45, 2.75) is 18.2 Å². The lowest BCUT2D eigenvalue weighted by Crippen LogP contribution is -2.29. The van der Waals surface area contributed by atoms with Crippen molar-refractivity contribution in [3.8, 4) is 0 Å². The number of aliphatic hydroxyl groups excluding tert-OH is 1. The fourth-order valence-electron chi connectivity index (χ4n) is 2.00. The molecule has 8 heteroatoms. The van der Waals surface area contributed by atoms with Crippen molar-refractivity contribution in [1.82, 2.24) is 9.29 Å². The Morgan fingerprint density at radius 2 is 2.22 bits per heavy atom. The molecule has 1 fully saturated rings. The van der Waals surface area contributed by atoms with Crippen LogP contribution in [0, 0.1) is 18.8 Å². The molecule has 0 bridgehead atoms. The molecule has 18 heavy (non-hydrogen) atoms. The van der Waals surface area contributed by atoms with E-state index in [1.807, 2.05) is 6.92 Å². The third-order valence-electron chi connectivity index (χ3n) is 3.25. The molecular weight excluding hydrogens is 340 g/mol. The highest BCUT2D eigenvalue weighted by Crippen LogP contribution is 2.32. The average Bonchev–Trinajstić information content (AvgIpc) is 2.84. The summed E-state index contributed by atoms with van der Waals surface area (Å²) >= 11 is 4.42. The summed E-state index contributed by atoms with van der Waals surface area (Å²) in [5.41, 5.74) is 0.685. The molecule has 2 heterocycles. The summed E-state index contributed by atoms with van der Waals surface area (Å²) < 4.78 is 27.0. The maximum absolute atomic E-state index is 12.4. The molecular formula is C10H15BrN2O3S2. The molecule has 102 valence electrons. The number of nitrogens with zero attached hydrogens (tertiary/aromatic N) is 2. The van der Waals surface area contributed by atoms with Gasteiger partial charge in [-0.3, -0.25) is 0 Å². The number of aromatic nitrogens is 1. The molecule has 0 unspecified atom stereocenters. The molecule has 1 saturated heterocycles. The second-order valence-corrected chi connectivity index (χ2v) is 9.01. The molecule has 1 N–H and O–H groups in total. The zero-order chi connectivity index (χ0) is 13.5. The lowest BCUT2D eigenvalue weighted by Gasteiger charge is -2.13. The number of aryl methyl sites for hydroxylation is 1. The Balaban J connectivity index is 2.28. The summed E-state index contributed by atoms with van der Waals surface area (Å²) in [7, 11) is -3.52. The second-order valence-electron chi connectivity index (χ2n) is 4.58. The zero-order valence-electron chi connectivity index (χ0n) is 10.1. The van der Waals surface area contributed by atoms with Crippen LogP contribution in [0.2, 0.25) is 0 Å². The van der Waals surface area contributed by atoms with E-state index in [-0.39, 0.29) is 22.8 Å². The summed E-state index contributed by atoms with van der Waals surface area (Å²) in [6, 6.07) is 0. The van der Waals surface area contributed by atoms with Crippen molar-refractivity contribution < 1.29 is 13.5 Å². The Hall–Kier alpha value is -0.0200. The predicted octanol–water partition coefficient (Wildman–Crippen LogP) is 1.46. The van der Waals surface area contributed by atoms with E-state index < -0.39 is 10.0 Å². The fourth-order valence-corrected chi connectivity index (χ4v) is 5.67. The Bertz CT molecular complexity index is 524. The van der Waals surface area contributed by atoms with E-state index >= 15 is 0 Å². The largest absolute Gasteiger partial charge is 0.396 e. The van der Waals surface area contributed by atoms with Crippen molar-refractivity contribution in [3.63, 3.8) is 0 Å². The molecule has 0 aliphatic carbocycles. The van der Waals surface area contributed by atoms with Gasteiger partial charge in [-0.1, -0.05) is 18.3 Å². The zero-order valence-corrected chi connectivity index (χ0v) is 13.3. The van der Waals surface area contributed by atoms with Gasteiger partial charge in [0.2, 0.25) is 4.34 Å². The minimum absolute atomic E-state index is 0.0178. The van der Waals surface area contributed by atoms with Gasteiger partial charge in [-0.2, -0.15) is 4.31 Å². The first-order valence-corrected chi connectivity index (χ1v) is 8.65. The van der Waals surface area contributed by atoms with Crippen molar-refractivity contribution in [2.75, 3.05) is 19.7 Å². The van der Waals surface area contributed by atoms with E-state index in [0.29, 0.717) is 18.8 Å². The van der Waals surface area contributed by atoms with Crippen LogP contribution in [0.25, 0.3) is 0 Å². The van der Waals surface area contributed by atoms with Gasteiger partial charge < -0.3 is 5.11 Å². The van der Waals surface area contributed by atoms with Crippen LogP contribution in [0.15, 0.2) is 8.13 Å². The van der Waals surface area contributed by atoms with Gasteiger partial charge in [0, 0.05) is 19.7 Å². The Morgan fingerprint density at radius 1 is 1.56 bits per heavy atom. The first-order valence-electron chi connectivity index (χ1n) is 5.60. The van der Waals surface area contributed by atoms with Crippen LogP contribution in [0.1, 0.15) is 12.6 Å². The summed E-state index contributed by atoms with van der Waals surface area (Å²) in [6.07, 6.45) is 0. The molecule has 2 rings (SSSR count). The van der Waals surface area contributed by atoms with Gasteiger partial charge in [-0.05, 0) is 34.7 Å². The van der Waals surface area contributed by atoms with Crippen molar-refractivity contribution in [2.24, 2.45) is 11.8 Å². The summed E-state index contributed by atoms with van der Waals surface area (Å²) in [5, 5.41) is 9.20. The van der Waals surface area contributed by atoms with E-state index in [2.05, 4.69) is 20.9 Å². The number of hydrogen-bond acceptors (Lipinski definition) is 5. The smallest absolute Gasteiger partial charge is 0.270 e. The molecule has 2 atom stereocenters. The standard InChI is InChI=1S/C10H15BrN2O3S2/c1-6-3-13(4-8(6)5-14)18(15,16)10-12-7(2)9(11)17-10/h6,8,14H,3-5H2,1-2H3/t6-,8+/m1/s1. The monoisotopic (exact) mass is 354 g/mol. The highest BCUT2D eigenvalue weighted by atomic mass is 79.9. The first-order chi connectivity index (χ1) is 8.36. The summed E-state index contributed by atoms with van der Waals surface area (Å²) in [4.78, 5) is 4.08. The van der Waals surface area contributed by atoms with Crippen LogP contribution in [0.5, 0.6) is 0 Å². The molecule has 5 nitrogen and oxygen atoms in total. The quantitative estimate of drug-likeness (QED) is 0.891. The maximum atomic E-state index is 12.4. The number of aliphatic hydroxyl groups is 1. The molecule has 1 aromatic rings. The van der Waals surface area contributed by atoms with Crippen LogP contribution >= 0.6 is 27.3 Å². The third-order valence-corrected chi connectivity index (χ3v) is 7.44. The molecule has 0 aromatic carbocycles. The van der Waals surface area contributed by atoms with E-state index in [1.54, 1.807) is 6.92 Å². The molecule has 1 aliphatic rings. The van der Waals surface area contributed by atoms with E-state index in [0.717, 1.165) is 15.1 Å². The second kappa shape index (κ2) is 5.16. The maximum Gasteiger partial charge on any atom is 0.270 e. The topological polar surface area (TPSA) is 70.5 Å². The Morgan fingerprint density at radius 3 is 2.67 bits per heavy atom. The Labute approximate surface area is 119 Å². The molecule has 0 amide bonds. The van der Waals surface area contributed by atoms with Crippen molar-refractivity contribution >= 4 is 37.3 Å². The van der Waals surface area contributed by atoms with E-state index in [9.17, 15) is 13.5 Å². The number of hydrogen-bond donors (Lipinski definition) is 1. The first kappa shape index (κ1) is 14.4. The van der Waals surface area contributed by atoms with Gasteiger partial charge >= 0.3 is 0 Å². The van der Waals surface area contributed by atoms with Gasteiger partial charge in [-0.15, -0.1) is 0 Å². The summed E-state index contributed by atoms with van der Waals surface area (Å²) in [6.45, 7) is 4.57. The van der Waals surface area contributed by atoms with Crippen LogP contribution in [-0.4, -0.2) is 42.5 Å². The number of rotatable bonds is 3. The molecule has 0 saturated carbocycles. The molecule has 1 aliphatic heterocycles. The van der Waals surface area contributed by atoms with Crippen molar-refractivity contribution in [3.05, 3.63) is 9.48 Å². The highest BCUT2D eigenvalue weighted by molar-refractivity contribution is 9.11. The van der Waals surface area contributed by atoms with Crippen LogP contribution < -0.4 is 0 Å². The average molecular weight is 355 g/mol. The van der Waals surface area contributed by atoms with Gasteiger partial charge in [-0.25, -0.2) is 13.4 Å². The normalized spacial score (nSPS) is 25.8. The van der Waals surface area contributed by atoms with Gasteiger partial charge in [0.1, 0.15) is 0 Å². The number of thiazole rings is 1. The minimum Gasteiger partial charge on any atom is -0.396 e. The van der Waals surface area contributed by atoms with Crippen LogP contribution in [-0.2, 0) is 10.0 Å². The third kappa shape index (κ3) is 2.49. The SMILES string of the molecule is Cc1nc(S(=O)(=O)N2C[C@@H](CO)[C@H](C)C2)sc1Br. The minimum atomic E-state index is -3.52. The van der Waals surface area contributed by atoms with E-state index in [1.165, 1.54) is 4.31 Å². The number of sulfonamides is 1. The van der Waals surface area contributed by atoms with Crippen molar-refractivity contribution in [1.29, 1.82) is 0 Å². The lowest BCUT2D eigenvalue weighted by molar-refractivity contribution is 0.210. The van der Waals surface area contributed by atoms with Gasteiger partial charge in [0.05, 0.1) is 9.48 Å². The molecule has 0 radical (unpaired) electrons. The molecule has 1 aromatic heterocycles. The highest BCUT2D eigenvalue weighted by Gasteiger charge is 2.38. The van der Waals surface area contributed by atoms with Crippen LogP contribution in [0.3, 0.4) is 0 Å². The van der Waals surface area contributed by atoms with Gasteiger partial charge in [0.25, 0.3) is 10.0 Å². The fraction of sp³-hybridized carbons (Fsp3) is 0.700. The van der Waals surface area contributed by atoms with Crippen LogP contribution in [0.4, 0.5) is 0 Å². The van der Waals surface area contributed by atoms with E-state index in [4.69, 9.17) is 0 Å². The Kier molecular flexibility index (Phi) is 4.13. The van der Waals surface area contributed by atoms with Gasteiger partial charge in [0.15, 0.2) is 0 Å². The number of halogens is 1. The lowest BCUT2D eigenvalue weighted by atomic mass is 10.00. The predicted molar refractivity (Wildman–Crippen MR) is 73.0 cm³/mol. The summed E-state index contributed by atoms with van der Waals surface area (Å²) in [5.74, 6) is 0.193. The molecule has 0 spiro atoms.